The Morgan fingerprint density at radius 2 is 2.16 bits per heavy atom. The fraction of sp³-hybridized carbons (Fsp3) is 0.500. The number of nitrogens with zero attached hydrogens (tertiary/aromatic N) is 2. The van der Waals surface area contributed by atoms with Gasteiger partial charge < -0.3 is 15.2 Å². The number of carbonyl (C=O) groups excluding carboxylic acids is 2. The molecule has 132 valence electrons. The van der Waals surface area contributed by atoms with Crippen LogP contribution in [-0.2, 0) is 4.79 Å². The molecule has 7 heteroatoms. The van der Waals surface area contributed by atoms with E-state index in [1.54, 1.807) is 4.90 Å². The molecule has 0 unspecified atom stereocenters. The quantitative estimate of drug-likeness (QED) is 0.891. The van der Waals surface area contributed by atoms with Crippen molar-refractivity contribution in [2.24, 2.45) is 11.8 Å². The molecule has 2 amide bonds. The maximum absolute atomic E-state index is 13.8. The van der Waals surface area contributed by atoms with Crippen LogP contribution < -0.4 is 5.32 Å². The van der Waals surface area contributed by atoms with Crippen LogP contribution in [0.1, 0.15) is 36.0 Å². The second kappa shape index (κ2) is 6.46. The van der Waals surface area contributed by atoms with E-state index >= 15 is 0 Å². The zero-order valence-corrected chi connectivity index (χ0v) is 13.9. The second-order valence-corrected chi connectivity index (χ2v) is 7.03. The normalized spacial score (nSPS) is 20.7. The van der Waals surface area contributed by atoms with Gasteiger partial charge in [0, 0.05) is 19.6 Å². The molecule has 1 saturated carbocycles. The van der Waals surface area contributed by atoms with E-state index < -0.39 is 5.82 Å². The van der Waals surface area contributed by atoms with Crippen molar-refractivity contribution in [3.63, 3.8) is 0 Å². The minimum Gasteiger partial charge on any atom is -0.356 e. The van der Waals surface area contributed by atoms with Gasteiger partial charge in [0.2, 0.25) is 5.91 Å². The summed E-state index contributed by atoms with van der Waals surface area (Å²) in [6.45, 7) is 1.69. The standard InChI is InChI=1S/C18H21FN4O2/c19-13-6-14(16-15(7-13)21-10-22-16)18(25)23-5-1-2-12(9-23)17(24)20-8-11-3-4-11/h6-7,10-12H,1-5,8-9H2,(H,20,24)(H,21,22)/t12-/m0/s1. The molecule has 1 aromatic heterocycles. The van der Waals surface area contributed by atoms with Crippen molar-refractivity contribution in [1.29, 1.82) is 0 Å². The third-order valence-electron chi connectivity index (χ3n) is 5.06. The van der Waals surface area contributed by atoms with E-state index in [-0.39, 0.29) is 23.3 Å². The van der Waals surface area contributed by atoms with Crippen LogP contribution in [0.4, 0.5) is 4.39 Å². The molecule has 2 heterocycles. The SMILES string of the molecule is O=C(NCC1CC1)[C@H]1CCCN(C(=O)c2cc(F)cc3[nH]cnc23)C1. The predicted octanol–water partition coefficient (Wildman–Crippen LogP) is 2.08. The molecular weight excluding hydrogens is 323 g/mol. The fourth-order valence-electron chi connectivity index (χ4n) is 3.43. The number of carbonyl (C=O) groups is 2. The maximum atomic E-state index is 13.8. The van der Waals surface area contributed by atoms with E-state index in [0.717, 1.165) is 19.4 Å². The van der Waals surface area contributed by atoms with Gasteiger partial charge in [0.25, 0.3) is 5.91 Å². The molecule has 6 nitrogen and oxygen atoms in total. The lowest BCUT2D eigenvalue weighted by molar-refractivity contribution is -0.126. The van der Waals surface area contributed by atoms with E-state index in [1.165, 1.54) is 31.3 Å². The summed E-state index contributed by atoms with van der Waals surface area (Å²) in [6.07, 6.45) is 5.38. The molecule has 0 bridgehead atoms. The highest BCUT2D eigenvalue weighted by Crippen LogP contribution is 2.28. The van der Waals surface area contributed by atoms with Gasteiger partial charge in [-0.1, -0.05) is 0 Å². The van der Waals surface area contributed by atoms with Gasteiger partial charge in [-0.15, -0.1) is 0 Å². The van der Waals surface area contributed by atoms with Crippen molar-refractivity contribution in [2.75, 3.05) is 19.6 Å². The molecular formula is C18H21FN4O2. The van der Waals surface area contributed by atoms with Crippen LogP contribution in [0.5, 0.6) is 0 Å². The van der Waals surface area contributed by atoms with Gasteiger partial charge in [-0.3, -0.25) is 9.59 Å². The lowest BCUT2D eigenvalue weighted by atomic mass is 9.96. The van der Waals surface area contributed by atoms with E-state index in [1.807, 2.05) is 0 Å². The number of rotatable bonds is 4. The van der Waals surface area contributed by atoms with Crippen LogP contribution in [0.15, 0.2) is 18.5 Å². The highest BCUT2D eigenvalue weighted by molar-refractivity contribution is 6.05. The first-order valence-corrected chi connectivity index (χ1v) is 8.81. The Kier molecular flexibility index (Phi) is 4.15. The number of nitrogens with one attached hydrogen (secondary N) is 2. The largest absolute Gasteiger partial charge is 0.356 e. The average Bonchev–Trinajstić information content (AvgIpc) is 3.34. The van der Waals surface area contributed by atoms with Crippen LogP contribution in [0.25, 0.3) is 11.0 Å². The Bertz CT molecular complexity index is 815. The summed E-state index contributed by atoms with van der Waals surface area (Å²) in [4.78, 5) is 33.8. The number of amides is 2. The number of hydrogen-bond donors (Lipinski definition) is 2. The zero-order valence-electron chi connectivity index (χ0n) is 13.9. The van der Waals surface area contributed by atoms with Gasteiger partial charge in [-0.25, -0.2) is 9.37 Å². The number of hydrogen-bond acceptors (Lipinski definition) is 3. The van der Waals surface area contributed by atoms with E-state index in [0.29, 0.717) is 30.0 Å². The molecule has 0 radical (unpaired) electrons. The van der Waals surface area contributed by atoms with Gasteiger partial charge in [0.05, 0.1) is 23.3 Å². The predicted molar refractivity (Wildman–Crippen MR) is 90.4 cm³/mol. The van der Waals surface area contributed by atoms with Crippen molar-refractivity contribution in [2.45, 2.75) is 25.7 Å². The molecule has 1 saturated heterocycles. The summed E-state index contributed by atoms with van der Waals surface area (Å²) in [5.74, 6) is -0.286. The number of aromatic nitrogens is 2. The van der Waals surface area contributed by atoms with Crippen molar-refractivity contribution < 1.29 is 14.0 Å². The van der Waals surface area contributed by atoms with Gasteiger partial charge >= 0.3 is 0 Å². The third kappa shape index (κ3) is 3.36. The summed E-state index contributed by atoms with van der Waals surface area (Å²) < 4.78 is 13.8. The fourth-order valence-corrected chi connectivity index (χ4v) is 3.43. The molecule has 1 aliphatic carbocycles. The molecule has 2 aromatic rings. The van der Waals surface area contributed by atoms with Crippen molar-refractivity contribution in [3.05, 3.63) is 29.8 Å². The molecule has 1 aromatic carbocycles. The third-order valence-corrected chi connectivity index (χ3v) is 5.06. The Morgan fingerprint density at radius 1 is 1.32 bits per heavy atom. The van der Waals surface area contributed by atoms with Crippen LogP contribution in [0, 0.1) is 17.7 Å². The van der Waals surface area contributed by atoms with Crippen LogP contribution in [0.2, 0.25) is 0 Å². The minimum atomic E-state index is -0.476. The monoisotopic (exact) mass is 344 g/mol. The highest BCUT2D eigenvalue weighted by atomic mass is 19.1. The smallest absolute Gasteiger partial charge is 0.256 e. The molecule has 2 fully saturated rings. The number of piperidine rings is 1. The van der Waals surface area contributed by atoms with Crippen molar-refractivity contribution in [1.82, 2.24) is 20.2 Å². The molecule has 1 aliphatic heterocycles. The number of H-pyrrole nitrogens is 1. The number of aromatic amines is 1. The Labute approximate surface area is 144 Å². The van der Waals surface area contributed by atoms with Crippen molar-refractivity contribution >= 4 is 22.8 Å². The van der Waals surface area contributed by atoms with E-state index in [2.05, 4.69) is 15.3 Å². The van der Waals surface area contributed by atoms with Gasteiger partial charge in [-0.2, -0.15) is 0 Å². The number of benzene rings is 1. The average molecular weight is 344 g/mol. The molecule has 2 aliphatic rings. The van der Waals surface area contributed by atoms with Crippen LogP contribution in [0.3, 0.4) is 0 Å². The first-order valence-electron chi connectivity index (χ1n) is 8.81. The number of imidazole rings is 1. The summed E-state index contributed by atoms with van der Waals surface area (Å²) >= 11 is 0. The minimum absolute atomic E-state index is 0.0218. The van der Waals surface area contributed by atoms with Crippen LogP contribution in [-0.4, -0.2) is 46.3 Å². The summed E-state index contributed by atoms with van der Waals surface area (Å²) in [5, 5.41) is 2.99. The zero-order chi connectivity index (χ0) is 17.4. The highest BCUT2D eigenvalue weighted by Gasteiger charge is 2.31. The Morgan fingerprint density at radius 3 is 2.96 bits per heavy atom. The number of likely N-dealkylation sites (tertiary alicyclic amines) is 1. The van der Waals surface area contributed by atoms with E-state index in [4.69, 9.17) is 0 Å². The second-order valence-electron chi connectivity index (χ2n) is 7.03. The lowest BCUT2D eigenvalue weighted by Crippen LogP contribution is -2.45. The lowest BCUT2D eigenvalue weighted by Gasteiger charge is -2.32. The number of fused-ring (bicyclic) bond motifs is 1. The topological polar surface area (TPSA) is 78.1 Å². The van der Waals surface area contributed by atoms with Crippen molar-refractivity contribution in [3.8, 4) is 0 Å². The number of halogens is 1. The molecule has 25 heavy (non-hydrogen) atoms. The van der Waals surface area contributed by atoms with E-state index in [9.17, 15) is 14.0 Å². The van der Waals surface area contributed by atoms with Gasteiger partial charge in [0.1, 0.15) is 11.3 Å². The molecule has 1 atom stereocenters. The summed E-state index contributed by atoms with van der Waals surface area (Å²) in [7, 11) is 0. The van der Waals surface area contributed by atoms with Crippen LogP contribution >= 0.6 is 0 Å². The Balaban J connectivity index is 1.49. The first-order chi connectivity index (χ1) is 12.1. The van der Waals surface area contributed by atoms with Gasteiger partial charge in [0.15, 0.2) is 0 Å². The molecule has 2 N–H and O–H groups in total. The molecule has 0 spiro atoms. The Hall–Kier alpha value is -2.44. The summed E-state index contributed by atoms with van der Waals surface area (Å²) in [5.41, 5.74) is 1.21. The van der Waals surface area contributed by atoms with Gasteiger partial charge in [-0.05, 0) is 43.7 Å². The summed E-state index contributed by atoms with van der Waals surface area (Å²) in [6, 6.07) is 2.55. The maximum Gasteiger partial charge on any atom is 0.256 e. The molecule has 4 rings (SSSR count). The first kappa shape index (κ1) is 16.1.